The number of pyridine rings is 1. The highest BCUT2D eigenvalue weighted by atomic mass is 16.6. The van der Waals surface area contributed by atoms with Crippen LogP contribution in [-0.4, -0.2) is 39.9 Å². The molecule has 1 aliphatic heterocycles. The molecule has 0 N–H and O–H groups in total. The number of ether oxygens (including phenoxy) is 1. The number of hydrogen-bond acceptors (Lipinski definition) is 5. The van der Waals surface area contributed by atoms with Gasteiger partial charge in [-0.3, -0.25) is 4.79 Å². The fourth-order valence-corrected chi connectivity index (χ4v) is 4.61. The van der Waals surface area contributed by atoms with E-state index in [1.807, 2.05) is 4.90 Å². The molecular formula is C17H23N3O4. The second-order valence-corrected chi connectivity index (χ2v) is 8.11. The van der Waals surface area contributed by atoms with Crippen LogP contribution in [0.5, 0.6) is 5.75 Å². The van der Waals surface area contributed by atoms with Gasteiger partial charge in [0.1, 0.15) is 6.20 Å². The molecule has 2 bridgehead atoms. The van der Waals surface area contributed by atoms with Crippen LogP contribution in [0.25, 0.3) is 0 Å². The van der Waals surface area contributed by atoms with Gasteiger partial charge in [0, 0.05) is 12.6 Å². The largest absolute Gasteiger partial charge is 0.476 e. The summed E-state index contributed by atoms with van der Waals surface area (Å²) in [6, 6.07) is 3.25. The lowest BCUT2D eigenvalue weighted by molar-refractivity contribution is -0.390. The van der Waals surface area contributed by atoms with Crippen molar-refractivity contribution < 1.29 is 14.5 Å². The van der Waals surface area contributed by atoms with Gasteiger partial charge in [-0.25, -0.2) is 0 Å². The molecular weight excluding hydrogens is 310 g/mol. The van der Waals surface area contributed by atoms with Crippen molar-refractivity contribution in [2.75, 3.05) is 13.2 Å². The van der Waals surface area contributed by atoms with E-state index in [0.717, 1.165) is 25.8 Å². The zero-order valence-corrected chi connectivity index (χ0v) is 14.3. The number of amides is 1. The summed E-state index contributed by atoms with van der Waals surface area (Å²) < 4.78 is 5.41. The van der Waals surface area contributed by atoms with Gasteiger partial charge in [-0.15, -0.1) is 0 Å². The number of rotatable bonds is 4. The number of carbonyl (C=O) groups is 1. The number of fused-ring (bicyclic) bond motifs is 2. The lowest BCUT2D eigenvalue weighted by Gasteiger charge is -2.39. The molecule has 2 heterocycles. The van der Waals surface area contributed by atoms with Crippen LogP contribution in [-0.2, 0) is 4.79 Å². The van der Waals surface area contributed by atoms with E-state index in [1.165, 1.54) is 12.3 Å². The molecule has 0 radical (unpaired) electrons. The van der Waals surface area contributed by atoms with Gasteiger partial charge in [-0.05, 0) is 52.1 Å². The molecule has 7 nitrogen and oxygen atoms in total. The van der Waals surface area contributed by atoms with E-state index in [9.17, 15) is 14.9 Å². The number of likely N-dealkylation sites (tertiary alicyclic amines) is 1. The minimum Gasteiger partial charge on any atom is -0.476 e. The molecule has 2 fully saturated rings. The van der Waals surface area contributed by atoms with Crippen molar-refractivity contribution in [1.29, 1.82) is 0 Å². The first kappa shape index (κ1) is 16.7. The first-order valence-electron chi connectivity index (χ1n) is 8.21. The maximum atomic E-state index is 12.6. The smallest absolute Gasteiger partial charge is 0.406 e. The summed E-state index contributed by atoms with van der Waals surface area (Å²) in [6.07, 6.45) is 4.45. The van der Waals surface area contributed by atoms with Crippen LogP contribution in [0.15, 0.2) is 18.3 Å². The van der Waals surface area contributed by atoms with Crippen molar-refractivity contribution in [3.05, 3.63) is 28.4 Å². The van der Waals surface area contributed by atoms with E-state index in [4.69, 9.17) is 4.74 Å². The van der Waals surface area contributed by atoms with Crippen molar-refractivity contribution in [1.82, 2.24) is 9.88 Å². The van der Waals surface area contributed by atoms with E-state index in [2.05, 4.69) is 25.8 Å². The molecule has 0 spiro atoms. The quantitative estimate of drug-likeness (QED) is 0.625. The Kier molecular flexibility index (Phi) is 3.97. The Morgan fingerprint density at radius 2 is 2.21 bits per heavy atom. The standard InChI is InChI=1S/C17H23N3O4/c1-16(2)7-12-8-17(3,10-16)11-19(12)14(21)9-24-13-5-4-6-18-15(13)20(22)23/h4-6,12H,7-11H2,1-3H3/t12-,17+/m0/s1. The molecule has 1 aromatic rings. The number of nitro groups is 1. The summed E-state index contributed by atoms with van der Waals surface area (Å²) in [5.41, 5.74) is 0.387. The first-order chi connectivity index (χ1) is 11.2. The molecule has 3 rings (SSSR count). The third-order valence-corrected chi connectivity index (χ3v) is 5.01. The average Bonchev–Trinajstić information content (AvgIpc) is 2.74. The van der Waals surface area contributed by atoms with E-state index in [1.54, 1.807) is 6.07 Å². The molecule has 1 amide bonds. The molecule has 130 valence electrons. The minimum absolute atomic E-state index is 0.0320. The topological polar surface area (TPSA) is 85.6 Å². The third-order valence-electron chi connectivity index (χ3n) is 5.01. The minimum atomic E-state index is -0.605. The summed E-state index contributed by atoms with van der Waals surface area (Å²) in [5, 5.41) is 11.0. The van der Waals surface area contributed by atoms with E-state index in [-0.39, 0.29) is 41.0 Å². The monoisotopic (exact) mass is 333 g/mol. The van der Waals surface area contributed by atoms with Gasteiger partial charge in [-0.2, -0.15) is 0 Å². The van der Waals surface area contributed by atoms with Crippen LogP contribution >= 0.6 is 0 Å². The maximum Gasteiger partial charge on any atom is 0.406 e. The average molecular weight is 333 g/mol. The molecule has 1 aliphatic carbocycles. The number of hydrogen-bond donors (Lipinski definition) is 0. The predicted molar refractivity (Wildman–Crippen MR) is 87.6 cm³/mol. The number of nitrogens with zero attached hydrogens (tertiary/aromatic N) is 3. The number of aromatic nitrogens is 1. The highest BCUT2D eigenvalue weighted by molar-refractivity contribution is 5.78. The number of carbonyl (C=O) groups excluding carboxylic acids is 1. The molecule has 0 unspecified atom stereocenters. The molecule has 2 atom stereocenters. The van der Waals surface area contributed by atoms with Gasteiger partial charge < -0.3 is 19.8 Å². The SMILES string of the molecule is CC1(C)C[C@H]2C[C@@](C)(CN2C(=O)COc2cccnc2[N+](=O)[O-])C1. The van der Waals surface area contributed by atoms with Gasteiger partial charge in [0.25, 0.3) is 5.91 Å². The summed E-state index contributed by atoms with van der Waals surface area (Å²) >= 11 is 0. The van der Waals surface area contributed by atoms with Gasteiger partial charge in [0.2, 0.25) is 5.75 Å². The van der Waals surface area contributed by atoms with Crippen LogP contribution in [0.2, 0.25) is 0 Å². The summed E-state index contributed by atoms with van der Waals surface area (Å²) in [5.74, 6) is -0.442. The third kappa shape index (κ3) is 3.20. The normalized spacial score (nSPS) is 27.8. The Morgan fingerprint density at radius 1 is 1.46 bits per heavy atom. The van der Waals surface area contributed by atoms with Crippen molar-refractivity contribution in [3.8, 4) is 5.75 Å². The van der Waals surface area contributed by atoms with E-state index in [0.29, 0.717) is 0 Å². The van der Waals surface area contributed by atoms with Gasteiger partial charge in [0.05, 0.1) is 0 Å². The summed E-state index contributed by atoms with van der Waals surface area (Å²) in [7, 11) is 0. The summed E-state index contributed by atoms with van der Waals surface area (Å²) in [4.78, 5) is 28.5. The van der Waals surface area contributed by atoms with Crippen LogP contribution in [0.3, 0.4) is 0 Å². The Hall–Kier alpha value is -2.18. The predicted octanol–water partition coefficient (Wildman–Crippen LogP) is 2.80. The first-order valence-corrected chi connectivity index (χ1v) is 8.21. The Labute approximate surface area is 141 Å². The fraction of sp³-hybridized carbons (Fsp3) is 0.647. The highest BCUT2D eigenvalue weighted by Gasteiger charge is 2.50. The molecule has 1 saturated carbocycles. The molecule has 1 aromatic heterocycles. The van der Waals surface area contributed by atoms with Crippen molar-refractivity contribution >= 4 is 11.7 Å². The zero-order chi connectivity index (χ0) is 17.5. The molecule has 0 aromatic carbocycles. The summed E-state index contributed by atoms with van der Waals surface area (Å²) in [6.45, 7) is 7.28. The lowest BCUT2D eigenvalue weighted by atomic mass is 9.65. The molecule has 24 heavy (non-hydrogen) atoms. The van der Waals surface area contributed by atoms with Crippen molar-refractivity contribution in [3.63, 3.8) is 0 Å². The molecule has 1 saturated heterocycles. The lowest BCUT2D eigenvalue weighted by Crippen LogP contribution is -2.40. The van der Waals surface area contributed by atoms with E-state index < -0.39 is 4.92 Å². The van der Waals surface area contributed by atoms with Gasteiger partial charge in [-0.1, -0.05) is 20.8 Å². The molecule has 7 heteroatoms. The van der Waals surface area contributed by atoms with Gasteiger partial charge >= 0.3 is 5.82 Å². The van der Waals surface area contributed by atoms with Crippen LogP contribution in [0, 0.1) is 20.9 Å². The van der Waals surface area contributed by atoms with Crippen LogP contribution < -0.4 is 4.74 Å². The Bertz CT molecular complexity index is 676. The van der Waals surface area contributed by atoms with E-state index >= 15 is 0 Å². The zero-order valence-electron chi connectivity index (χ0n) is 14.3. The van der Waals surface area contributed by atoms with Crippen molar-refractivity contribution in [2.45, 2.75) is 46.1 Å². The van der Waals surface area contributed by atoms with Crippen LogP contribution in [0.4, 0.5) is 5.82 Å². The Balaban J connectivity index is 1.68. The van der Waals surface area contributed by atoms with Crippen LogP contribution in [0.1, 0.15) is 40.0 Å². The van der Waals surface area contributed by atoms with Crippen molar-refractivity contribution in [2.24, 2.45) is 10.8 Å². The second kappa shape index (κ2) is 5.72. The Morgan fingerprint density at radius 3 is 2.92 bits per heavy atom. The second-order valence-electron chi connectivity index (χ2n) is 8.11. The van der Waals surface area contributed by atoms with Gasteiger partial charge in [0.15, 0.2) is 6.61 Å². The fourth-order valence-electron chi connectivity index (χ4n) is 4.61. The molecule has 2 aliphatic rings. The highest BCUT2D eigenvalue weighted by Crippen LogP contribution is 2.52. The maximum absolute atomic E-state index is 12.6.